The molecule has 6 heteroatoms. The third kappa shape index (κ3) is 6.22. The van der Waals surface area contributed by atoms with Crippen LogP contribution >= 0.6 is 12.4 Å². The number of rotatable bonds is 7. The van der Waals surface area contributed by atoms with E-state index in [0.717, 1.165) is 37.2 Å². The van der Waals surface area contributed by atoms with E-state index in [9.17, 15) is 9.59 Å². The molecule has 1 atom stereocenters. The monoisotopic (exact) mass is 393 g/mol. The quantitative estimate of drug-likeness (QED) is 0.748. The first kappa shape index (κ1) is 21.7. The Morgan fingerprint density at radius 2 is 1.96 bits per heavy atom. The van der Waals surface area contributed by atoms with Crippen molar-refractivity contribution >= 4 is 24.2 Å². The third-order valence-electron chi connectivity index (χ3n) is 5.82. The van der Waals surface area contributed by atoms with Crippen LogP contribution in [0.15, 0.2) is 24.3 Å². The Hall–Kier alpha value is -1.59. The van der Waals surface area contributed by atoms with Crippen molar-refractivity contribution in [1.82, 2.24) is 15.5 Å². The number of benzene rings is 1. The van der Waals surface area contributed by atoms with Gasteiger partial charge in [0.2, 0.25) is 11.8 Å². The Morgan fingerprint density at radius 3 is 2.63 bits per heavy atom. The molecule has 2 aliphatic rings. The number of halogens is 1. The van der Waals surface area contributed by atoms with Crippen LogP contribution in [0.2, 0.25) is 0 Å². The van der Waals surface area contributed by atoms with Crippen LogP contribution in [0.1, 0.15) is 50.2 Å². The Morgan fingerprint density at radius 1 is 1.26 bits per heavy atom. The summed E-state index contributed by atoms with van der Waals surface area (Å²) < 4.78 is 0. The van der Waals surface area contributed by atoms with Gasteiger partial charge in [0, 0.05) is 32.5 Å². The Bertz CT molecular complexity index is 632. The number of likely N-dealkylation sites (tertiary alicyclic amines) is 1. The highest BCUT2D eigenvalue weighted by Gasteiger charge is 2.23. The van der Waals surface area contributed by atoms with E-state index in [1.165, 1.54) is 12.8 Å². The molecule has 2 heterocycles. The first-order chi connectivity index (χ1) is 12.6. The maximum Gasteiger partial charge on any atom is 0.222 e. The molecule has 5 nitrogen and oxygen atoms in total. The van der Waals surface area contributed by atoms with E-state index in [2.05, 4.69) is 23.6 Å². The van der Waals surface area contributed by atoms with Gasteiger partial charge in [-0.3, -0.25) is 9.59 Å². The summed E-state index contributed by atoms with van der Waals surface area (Å²) in [4.78, 5) is 26.2. The molecule has 2 saturated heterocycles. The summed E-state index contributed by atoms with van der Waals surface area (Å²) in [6, 6.07) is 8.10. The molecule has 0 saturated carbocycles. The predicted molar refractivity (Wildman–Crippen MR) is 110 cm³/mol. The zero-order valence-corrected chi connectivity index (χ0v) is 17.0. The van der Waals surface area contributed by atoms with Crippen LogP contribution in [0, 0.1) is 11.8 Å². The van der Waals surface area contributed by atoms with Gasteiger partial charge in [-0.05, 0) is 55.3 Å². The van der Waals surface area contributed by atoms with Gasteiger partial charge >= 0.3 is 0 Å². The summed E-state index contributed by atoms with van der Waals surface area (Å²) in [6.45, 7) is 6.36. The molecule has 3 rings (SSSR count). The first-order valence-corrected chi connectivity index (χ1v) is 9.95. The van der Waals surface area contributed by atoms with Crippen molar-refractivity contribution in [3.63, 3.8) is 0 Å². The molecule has 27 heavy (non-hydrogen) atoms. The lowest BCUT2D eigenvalue weighted by Gasteiger charge is -2.28. The van der Waals surface area contributed by atoms with Crippen molar-refractivity contribution in [2.75, 3.05) is 19.6 Å². The van der Waals surface area contributed by atoms with E-state index in [1.54, 1.807) is 0 Å². The fourth-order valence-electron chi connectivity index (χ4n) is 4.10. The van der Waals surface area contributed by atoms with E-state index >= 15 is 0 Å². The summed E-state index contributed by atoms with van der Waals surface area (Å²) in [6.07, 6.45) is 4.54. The Balaban J connectivity index is 0.00000261. The molecule has 1 unspecified atom stereocenters. The molecular weight excluding hydrogens is 362 g/mol. The smallest absolute Gasteiger partial charge is 0.222 e. The lowest BCUT2D eigenvalue weighted by molar-refractivity contribution is -0.128. The standard InChI is InChI=1S/C21H31N3O2.ClH/c1-16(17-8-10-22-11-9-17)13-20(25)23-14-18-5-2-3-6-19(18)15-24-12-4-7-21(24)26;/h2-3,5-6,16-17,22H,4,7-15H2,1H3,(H,23,25);1H. The second-order valence-corrected chi connectivity index (χ2v) is 7.73. The van der Waals surface area contributed by atoms with Crippen LogP contribution in [-0.2, 0) is 22.7 Å². The average Bonchev–Trinajstić information content (AvgIpc) is 3.06. The van der Waals surface area contributed by atoms with Gasteiger partial charge in [-0.1, -0.05) is 31.2 Å². The third-order valence-corrected chi connectivity index (χ3v) is 5.82. The maximum atomic E-state index is 12.4. The van der Waals surface area contributed by atoms with E-state index < -0.39 is 0 Å². The summed E-state index contributed by atoms with van der Waals surface area (Å²) in [5.41, 5.74) is 2.24. The molecule has 2 aliphatic heterocycles. The van der Waals surface area contributed by atoms with Crippen molar-refractivity contribution in [3.8, 4) is 0 Å². The van der Waals surface area contributed by atoms with Gasteiger partial charge in [0.25, 0.3) is 0 Å². The predicted octanol–water partition coefficient (Wildman–Crippen LogP) is 2.87. The molecule has 2 N–H and O–H groups in total. The van der Waals surface area contributed by atoms with Crippen LogP contribution in [0.25, 0.3) is 0 Å². The number of piperidine rings is 1. The van der Waals surface area contributed by atoms with Crippen LogP contribution in [-0.4, -0.2) is 36.3 Å². The average molecular weight is 394 g/mol. The lowest BCUT2D eigenvalue weighted by Crippen LogP contribution is -2.33. The van der Waals surface area contributed by atoms with Crippen LogP contribution < -0.4 is 10.6 Å². The van der Waals surface area contributed by atoms with Crippen molar-refractivity contribution in [1.29, 1.82) is 0 Å². The normalized spacial score (nSPS) is 18.9. The summed E-state index contributed by atoms with van der Waals surface area (Å²) in [7, 11) is 0. The Labute approximate surface area is 168 Å². The lowest BCUT2D eigenvalue weighted by atomic mass is 9.84. The van der Waals surface area contributed by atoms with Gasteiger partial charge in [0.15, 0.2) is 0 Å². The highest BCUT2D eigenvalue weighted by Crippen LogP contribution is 2.24. The van der Waals surface area contributed by atoms with Crippen LogP contribution in [0.5, 0.6) is 0 Å². The molecule has 0 aliphatic carbocycles. The second-order valence-electron chi connectivity index (χ2n) is 7.73. The van der Waals surface area contributed by atoms with E-state index in [0.29, 0.717) is 37.8 Å². The Kier molecular flexibility index (Phi) is 8.58. The van der Waals surface area contributed by atoms with Gasteiger partial charge in [-0.2, -0.15) is 0 Å². The van der Waals surface area contributed by atoms with Crippen molar-refractivity contribution in [2.24, 2.45) is 11.8 Å². The van der Waals surface area contributed by atoms with Gasteiger partial charge < -0.3 is 15.5 Å². The van der Waals surface area contributed by atoms with E-state index in [4.69, 9.17) is 0 Å². The summed E-state index contributed by atoms with van der Waals surface area (Å²) in [5.74, 6) is 1.44. The van der Waals surface area contributed by atoms with Gasteiger partial charge in [0.1, 0.15) is 0 Å². The number of carbonyl (C=O) groups excluding carboxylic acids is 2. The summed E-state index contributed by atoms with van der Waals surface area (Å²) in [5, 5.41) is 6.47. The number of hydrogen-bond acceptors (Lipinski definition) is 3. The van der Waals surface area contributed by atoms with Crippen molar-refractivity contribution < 1.29 is 9.59 Å². The molecule has 2 fully saturated rings. The topological polar surface area (TPSA) is 61.4 Å². The second kappa shape index (κ2) is 10.7. The molecule has 0 spiro atoms. The van der Waals surface area contributed by atoms with E-state index in [-0.39, 0.29) is 24.2 Å². The van der Waals surface area contributed by atoms with Gasteiger partial charge in [-0.15, -0.1) is 12.4 Å². The van der Waals surface area contributed by atoms with E-state index in [1.807, 2.05) is 23.1 Å². The number of nitrogens with one attached hydrogen (secondary N) is 2. The molecule has 150 valence electrons. The highest BCUT2D eigenvalue weighted by atomic mass is 35.5. The first-order valence-electron chi connectivity index (χ1n) is 9.95. The zero-order chi connectivity index (χ0) is 18.4. The molecule has 2 amide bonds. The fraction of sp³-hybridized carbons (Fsp3) is 0.619. The summed E-state index contributed by atoms with van der Waals surface area (Å²) >= 11 is 0. The molecule has 1 aromatic rings. The fourth-order valence-corrected chi connectivity index (χ4v) is 4.10. The molecule has 0 aromatic heterocycles. The molecule has 0 bridgehead atoms. The molecule has 1 aromatic carbocycles. The SMILES string of the molecule is CC(CC(=O)NCc1ccccc1CN1CCCC1=O)C1CCNCC1.Cl. The number of nitrogens with zero attached hydrogens (tertiary/aromatic N) is 1. The van der Waals surface area contributed by atoms with Gasteiger partial charge in [-0.25, -0.2) is 0 Å². The minimum atomic E-state index is 0. The number of carbonyl (C=O) groups is 2. The number of amides is 2. The van der Waals surface area contributed by atoms with Crippen LogP contribution in [0.3, 0.4) is 0 Å². The minimum Gasteiger partial charge on any atom is -0.352 e. The largest absolute Gasteiger partial charge is 0.352 e. The minimum absolute atomic E-state index is 0. The van der Waals surface area contributed by atoms with Gasteiger partial charge in [0.05, 0.1) is 0 Å². The van der Waals surface area contributed by atoms with Crippen LogP contribution in [0.4, 0.5) is 0 Å². The van der Waals surface area contributed by atoms with Crippen molar-refractivity contribution in [3.05, 3.63) is 35.4 Å². The zero-order valence-electron chi connectivity index (χ0n) is 16.2. The molecular formula is C21H32ClN3O2. The number of hydrogen-bond donors (Lipinski definition) is 2. The maximum absolute atomic E-state index is 12.4. The molecule has 0 radical (unpaired) electrons. The van der Waals surface area contributed by atoms with Crippen molar-refractivity contribution in [2.45, 2.75) is 52.1 Å². The highest BCUT2D eigenvalue weighted by molar-refractivity contribution is 5.85.